The average molecular weight is 479 g/mol. The van der Waals surface area contributed by atoms with Gasteiger partial charge in [0, 0.05) is 36.5 Å². The second-order valence-corrected chi connectivity index (χ2v) is 7.63. The number of nitrogens with one attached hydrogen (secondary N) is 1. The summed E-state index contributed by atoms with van der Waals surface area (Å²) in [6, 6.07) is 17.0. The largest absolute Gasteiger partial charge is 0.484 e. The number of anilines is 1. The first-order valence-corrected chi connectivity index (χ1v) is 11.4. The van der Waals surface area contributed by atoms with Crippen molar-refractivity contribution >= 4 is 17.2 Å². The molecular formula is C25H27FN6O3. The number of benzene rings is 2. The Morgan fingerprint density at radius 2 is 1.83 bits per heavy atom. The predicted octanol–water partition coefficient (Wildman–Crippen LogP) is 3.35. The van der Waals surface area contributed by atoms with Crippen molar-refractivity contribution in [3.05, 3.63) is 66.5 Å². The molecule has 0 aliphatic rings. The predicted molar refractivity (Wildman–Crippen MR) is 130 cm³/mol. The lowest BCUT2D eigenvalue weighted by Crippen LogP contribution is -2.32. The van der Waals surface area contributed by atoms with Crippen molar-refractivity contribution in [2.45, 2.75) is 13.8 Å². The maximum Gasteiger partial charge on any atom is 0.258 e. The lowest BCUT2D eigenvalue weighted by Gasteiger charge is -2.21. The third-order valence-corrected chi connectivity index (χ3v) is 5.33. The van der Waals surface area contributed by atoms with E-state index in [1.807, 2.05) is 24.3 Å². The molecule has 0 saturated heterocycles. The molecule has 2 heterocycles. The topological polar surface area (TPSA) is 93.9 Å². The van der Waals surface area contributed by atoms with Crippen LogP contribution in [0, 0.1) is 5.82 Å². The zero-order chi connectivity index (χ0) is 24.6. The molecule has 1 N–H and O–H groups in total. The molecule has 2 aromatic heterocycles. The Morgan fingerprint density at radius 1 is 1.03 bits per heavy atom. The average Bonchev–Trinajstić information content (AvgIpc) is 3.30. The van der Waals surface area contributed by atoms with E-state index in [1.54, 1.807) is 24.3 Å². The van der Waals surface area contributed by atoms with Crippen LogP contribution in [-0.4, -0.2) is 58.6 Å². The Hall–Kier alpha value is -4.21. The fraction of sp³-hybridized carbons (Fsp3) is 0.280. The number of halogens is 1. The second kappa shape index (κ2) is 11.3. The first-order valence-electron chi connectivity index (χ1n) is 11.4. The number of rotatable bonds is 11. The molecule has 10 heteroatoms. The summed E-state index contributed by atoms with van der Waals surface area (Å²) >= 11 is 0. The fourth-order valence-corrected chi connectivity index (χ4v) is 3.53. The van der Waals surface area contributed by atoms with E-state index in [0.717, 1.165) is 18.8 Å². The van der Waals surface area contributed by atoms with Crippen LogP contribution < -0.4 is 19.7 Å². The highest BCUT2D eigenvalue weighted by Crippen LogP contribution is 2.21. The molecule has 0 aliphatic heterocycles. The van der Waals surface area contributed by atoms with E-state index in [9.17, 15) is 9.18 Å². The molecule has 182 valence electrons. The van der Waals surface area contributed by atoms with E-state index in [2.05, 4.69) is 39.4 Å². The van der Waals surface area contributed by atoms with Crippen LogP contribution in [0.5, 0.6) is 11.6 Å². The monoisotopic (exact) mass is 478 g/mol. The molecule has 0 saturated carbocycles. The minimum absolute atomic E-state index is 0.0896. The minimum atomic E-state index is -0.333. The highest BCUT2D eigenvalue weighted by molar-refractivity contribution is 5.77. The number of nitrogens with zero attached hydrogens (tertiary/aromatic N) is 5. The molecule has 0 aliphatic carbocycles. The highest BCUT2D eigenvalue weighted by atomic mass is 19.1. The van der Waals surface area contributed by atoms with Crippen LogP contribution in [0.15, 0.2) is 60.7 Å². The summed E-state index contributed by atoms with van der Waals surface area (Å²) in [4.78, 5) is 14.4. The molecule has 0 radical (unpaired) electrons. The fourth-order valence-electron chi connectivity index (χ4n) is 3.53. The van der Waals surface area contributed by atoms with Crippen molar-refractivity contribution in [1.29, 1.82) is 0 Å². The lowest BCUT2D eigenvalue weighted by molar-refractivity contribution is -0.123. The van der Waals surface area contributed by atoms with E-state index in [1.165, 1.54) is 16.6 Å². The third-order valence-electron chi connectivity index (χ3n) is 5.33. The van der Waals surface area contributed by atoms with Gasteiger partial charge < -0.3 is 19.7 Å². The number of ether oxygens (including phenoxy) is 2. The van der Waals surface area contributed by atoms with Crippen LogP contribution in [0.2, 0.25) is 0 Å². The SMILES string of the molecule is CCN(CC)c1cccc(OCC(=O)NCCOc2ccc3nnc(-c4ccc(F)cc4)n3n2)c1. The molecule has 4 aromatic rings. The number of amides is 1. The zero-order valence-corrected chi connectivity index (χ0v) is 19.6. The number of hydrogen-bond donors (Lipinski definition) is 1. The van der Waals surface area contributed by atoms with Crippen molar-refractivity contribution in [3.8, 4) is 23.0 Å². The van der Waals surface area contributed by atoms with Crippen molar-refractivity contribution in [2.75, 3.05) is 37.7 Å². The Kier molecular flexibility index (Phi) is 7.71. The quantitative estimate of drug-likeness (QED) is 0.331. The van der Waals surface area contributed by atoms with Gasteiger partial charge in [-0.05, 0) is 56.3 Å². The van der Waals surface area contributed by atoms with E-state index in [0.29, 0.717) is 28.7 Å². The number of carbonyl (C=O) groups is 1. The number of hydrogen-bond acceptors (Lipinski definition) is 7. The molecule has 35 heavy (non-hydrogen) atoms. The van der Waals surface area contributed by atoms with Gasteiger partial charge in [-0.3, -0.25) is 4.79 Å². The summed E-state index contributed by atoms with van der Waals surface area (Å²) in [5.41, 5.74) is 2.27. The Balaban J connectivity index is 1.26. The lowest BCUT2D eigenvalue weighted by atomic mass is 10.2. The van der Waals surface area contributed by atoms with Gasteiger partial charge in [-0.15, -0.1) is 15.3 Å². The van der Waals surface area contributed by atoms with Gasteiger partial charge in [0.05, 0.1) is 6.54 Å². The first-order chi connectivity index (χ1) is 17.1. The van der Waals surface area contributed by atoms with Crippen molar-refractivity contribution in [2.24, 2.45) is 0 Å². The Labute approximate surface area is 202 Å². The van der Waals surface area contributed by atoms with E-state index >= 15 is 0 Å². The molecule has 0 unspecified atom stereocenters. The number of fused-ring (bicyclic) bond motifs is 1. The summed E-state index contributed by atoms with van der Waals surface area (Å²) in [6.45, 7) is 6.39. The standard InChI is InChI=1S/C25H27FN6O3/c1-3-31(4-2)20-6-5-7-21(16-20)35-17-23(33)27-14-15-34-24-13-12-22-28-29-25(32(22)30-24)18-8-10-19(26)11-9-18/h5-13,16H,3-4,14-15,17H2,1-2H3,(H,27,33). The summed E-state index contributed by atoms with van der Waals surface area (Å²) in [7, 11) is 0. The molecule has 0 bridgehead atoms. The van der Waals surface area contributed by atoms with Gasteiger partial charge in [-0.25, -0.2) is 4.39 Å². The molecule has 1 amide bonds. The smallest absolute Gasteiger partial charge is 0.258 e. The van der Waals surface area contributed by atoms with Gasteiger partial charge in [0.2, 0.25) is 5.88 Å². The molecule has 0 fully saturated rings. The van der Waals surface area contributed by atoms with Gasteiger partial charge in [0.1, 0.15) is 18.2 Å². The Morgan fingerprint density at radius 3 is 2.60 bits per heavy atom. The van der Waals surface area contributed by atoms with Crippen LogP contribution in [0.1, 0.15) is 13.8 Å². The van der Waals surface area contributed by atoms with Crippen molar-refractivity contribution in [3.63, 3.8) is 0 Å². The summed E-state index contributed by atoms with van der Waals surface area (Å²) in [6.07, 6.45) is 0. The van der Waals surface area contributed by atoms with E-state index in [-0.39, 0.29) is 31.5 Å². The summed E-state index contributed by atoms with van der Waals surface area (Å²) < 4.78 is 26.1. The molecular weight excluding hydrogens is 451 g/mol. The maximum absolute atomic E-state index is 13.2. The molecule has 0 atom stereocenters. The highest BCUT2D eigenvalue weighted by Gasteiger charge is 2.11. The van der Waals surface area contributed by atoms with E-state index in [4.69, 9.17) is 9.47 Å². The maximum atomic E-state index is 13.2. The zero-order valence-electron chi connectivity index (χ0n) is 19.6. The van der Waals surface area contributed by atoms with Crippen LogP contribution in [0.3, 0.4) is 0 Å². The number of aromatic nitrogens is 4. The molecule has 2 aromatic carbocycles. The minimum Gasteiger partial charge on any atom is -0.484 e. The van der Waals surface area contributed by atoms with Gasteiger partial charge >= 0.3 is 0 Å². The third kappa shape index (κ3) is 6.03. The van der Waals surface area contributed by atoms with Crippen molar-refractivity contribution in [1.82, 2.24) is 25.1 Å². The van der Waals surface area contributed by atoms with Gasteiger partial charge in [0.25, 0.3) is 5.91 Å². The Bertz CT molecular complexity index is 1270. The van der Waals surface area contributed by atoms with Gasteiger partial charge in [-0.1, -0.05) is 6.07 Å². The van der Waals surface area contributed by atoms with Crippen LogP contribution in [0.25, 0.3) is 17.0 Å². The molecule has 0 spiro atoms. The number of carbonyl (C=O) groups excluding carboxylic acids is 1. The normalized spacial score (nSPS) is 10.8. The van der Waals surface area contributed by atoms with Gasteiger partial charge in [-0.2, -0.15) is 4.52 Å². The van der Waals surface area contributed by atoms with E-state index < -0.39 is 0 Å². The first kappa shape index (κ1) is 23.9. The van der Waals surface area contributed by atoms with Crippen LogP contribution in [0.4, 0.5) is 10.1 Å². The summed E-state index contributed by atoms with van der Waals surface area (Å²) in [5.74, 6) is 0.882. The molecule has 9 nitrogen and oxygen atoms in total. The van der Waals surface area contributed by atoms with Crippen LogP contribution in [-0.2, 0) is 4.79 Å². The molecule has 4 rings (SSSR count). The van der Waals surface area contributed by atoms with Crippen molar-refractivity contribution < 1.29 is 18.7 Å². The summed E-state index contributed by atoms with van der Waals surface area (Å²) in [5, 5.41) is 15.4. The van der Waals surface area contributed by atoms with Gasteiger partial charge in [0.15, 0.2) is 18.1 Å². The van der Waals surface area contributed by atoms with Crippen LogP contribution >= 0.6 is 0 Å². The second-order valence-electron chi connectivity index (χ2n) is 7.63.